The Kier molecular flexibility index (Phi) is 5.11. The number of halogens is 14. The van der Waals surface area contributed by atoms with Gasteiger partial charge in [0.1, 0.15) is 0 Å². The Labute approximate surface area is 136 Å². The molecule has 0 aromatic heterocycles. The molecule has 1 saturated carbocycles. The lowest BCUT2D eigenvalue weighted by Gasteiger charge is -2.46. The van der Waals surface area contributed by atoms with E-state index in [1.54, 1.807) is 0 Å². The lowest BCUT2D eigenvalue weighted by molar-refractivity contribution is -0.427. The van der Waals surface area contributed by atoms with Crippen LogP contribution in [0.5, 0.6) is 0 Å². The van der Waals surface area contributed by atoms with Crippen molar-refractivity contribution >= 4 is 0 Å². The van der Waals surface area contributed by atoms with Crippen LogP contribution in [0.15, 0.2) is 0 Å². The molecule has 14 heteroatoms. The average molecular weight is 418 g/mol. The summed E-state index contributed by atoms with van der Waals surface area (Å²) in [6.45, 7) is 2.64. The second kappa shape index (κ2) is 5.76. The third kappa shape index (κ3) is 2.49. The van der Waals surface area contributed by atoms with Gasteiger partial charge in [-0.15, -0.1) is 0 Å². The van der Waals surface area contributed by atoms with Gasteiger partial charge < -0.3 is 0 Å². The molecule has 0 aromatic rings. The molecule has 0 aromatic carbocycles. The summed E-state index contributed by atoms with van der Waals surface area (Å²) in [5, 5.41) is 0. The van der Waals surface area contributed by atoms with Gasteiger partial charge in [-0.2, -0.15) is 52.7 Å². The Bertz CT molecular complexity index is 531. The topological polar surface area (TPSA) is 0 Å². The van der Waals surface area contributed by atoms with Gasteiger partial charge in [0.25, 0.3) is 0 Å². The number of alkyl halides is 14. The van der Waals surface area contributed by atoms with Crippen molar-refractivity contribution in [2.24, 2.45) is 5.92 Å². The van der Waals surface area contributed by atoms with Crippen LogP contribution in [0.1, 0.15) is 12.8 Å². The van der Waals surface area contributed by atoms with Gasteiger partial charge in [-0.3, -0.25) is 0 Å². The third-order valence-corrected chi connectivity index (χ3v) is 4.14. The van der Waals surface area contributed by atoms with Gasteiger partial charge in [0.15, 0.2) is 0 Å². The standard InChI is InChI=1S/C12H8F14/c1-2-5-3-4-6(13,11(21,22)23)7(5,14)8(15,16)9(17,18)10(19,20)12(24,25)26/h4-5H,1-3H2. The highest BCUT2D eigenvalue weighted by Crippen LogP contribution is 2.67. The Balaban J connectivity index is 3.74. The van der Waals surface area contributed by atoms with Crippen LogP contribution >= 0.6 is 0 Å². The van der Waals surface area contributed by atoms with Crippen LogP contribution < -0.4 is 0 Å². The van der Waals surface area contributed by atoms with E-state index in [0.29, 0.717) is 0 Å². The van der Waals surface area contributed by atoms with Gasteiger partial charge in [0.05, 0.1) is 0 Å². The van der Waals surface area contributed by atoms with E-state index in [1.807, 2.05) is 0 Å². The third-order valence-electron chi connectivity index (χ3n) is 4.14. The van der Waals surface area contributed by atoms with Crippen molar-refractivity contribution < 1.29 is 61.5 Å². The van der Waals surface area contributed by atoms with Crippen LogP contribution in [-0.2, 0) is 0 Å². The fourth-order valence-electron chi connectivity index (χ4n) is 2.64. The Morgan fingerprint density at radius 2 is 1.23 bits per heavy atom. The lowest BCUT2D eigenvalue weighted by Crippen LogP contribution is -2.74. The number of rotatable bonds is 4. The first-order valence-electron chi connectivity index (χ1n) is 6.45. The van der Waals surface area contributed by atoms with Crippen LogP contribution in [0.25, 0.3) is 0 Å². The molecule has 0 nitrogen and oxygen atoms in total. The zero-order valence-corrected chi connectivity index (χ0v) is 12.1. The molecular formula is C12H8F14. The number of hydrogen-bond donors (Lipinski definition) is 0. The van der Waals surface area contributed by atoms with Crippen molar-refractivity contribution in [2.75, 3.05) is 0 Å². The van der Waals surface area contributed by atoms with Crippen molar-refractivity contribution in [1.82, 2.24) is 0 Å². The molecule has 1 aliphatic rings. The van der Waals surface area contributed by atoms with E-state index < -0.39 is 66.6 Å². The summed E-state index contributed by atoms with van der Waals surface area (Å²) in [6, 6.07) is 0. The van der Waals surface area contributed by atoms with Gasteiger partial charge in [-0.25, -0.2) is 8.78 Å². The molecule has 0 saturated heterocycles. The fraction of sp³-hybridized carbons (Fsp3) is 0.833. The molecule has 154 valence electrons. The highest BCUT2D eigenvalue weighted by atomic mass is 19.4. The summed E-state index contributed by atoms with van der Waals surface area (Å²) >= 11 is 0. The first-order valence-corrected chi connectivity index (χ1v) is 6.45. The summed E-state index contributed by atoms with van der Waals surface area (Å²) in [5.74, 6) is -25.9. The van der Waals surface area contributed by atoms with Crippen molar-refractivity contribution in [3.05, 3.63) is 13.3 Å². The van der Waals surface area contributed by atoms with Gasteiger partial charge in [-0.1, -0.05) is 6.92 Å². The second-order valence-corrected chi connectivity index (χ2v) is 5.57. The second-order valence-electron chi connectivity index (χ2n) is 5.57. The van der Waals surface area contributed by atoms with Crippen molar-refractivity contribution in [1.29, 1.82) is 0 Å². The van der Waals surface area contributed by atoms with E-state index in [-0.39, 0.29) is 0 Å². The Hall–Kier alpha value is -0.980. The van der Waals surface area contributed by atoms with Crippen LogP contribution in [0.4, 0.5) is 61.5 Å². The maximum Gasteiger partial charge on any atom is 0.460 e. The van der Waals surface area contributed by atoms with E-state index in [9.17, 15) is 61.5 Å². The number of hydrogen-bond acceptors (Lipinski definition) is 0. The Morgan fingerprint density at radius 1 is 0.808 bits per heavy atom. The molecule has 1 rings (SSSR count). The van der Waals surface area contributed by atoms with E-state index in [2.05, 4.69) is 6.92 Å². The summed E-state index contributed by atoms with van der Waals surface area (Å²) in [5.41, 5.74) is -12.1. The first-order chi connectivity index (χ1) is 11.2. The largest absolute Gasteiger partial charge is 0.460 e. The molecule has 0 amide bonds. The zero-order chi connectivity index (χ0) is 21.2. The summed E-state index contributed by atoms with van der Waals surface area (Å²) in [4.78, 5) is 0. The SMILES string of the molecule is [CH2]CC1C[CH]C(F)(C(F)(F)F)C1(F)C(F)(F)C(F)(F)C(F)(F)C(F)(F)F. The van der Waals surface area contributed by atoms with Crippen LogP contribution in [-0.4, -0.2) is 41.5 Å². The van der Waals surface area contributed by atoms with Crippen LogP contribution in [0.2, 0.25) is 0 Å². The highest BCUT2D eigenvalue weighted by molar-refractivity contribution is 5.29. The Morgan fingerprint density at radius 3 is 1.54 bits per heavy atom. The predicted octanol–water partition coefficient (Wildman–Crippen LogP) is 5.88. The zero-order valence-electron chi connectivity index (χ0n) is 12.1. The lowest BCUT2D eigenvalue weighted by atomic mass is 9.73. The van der Waals surface area contributed by atoms with E-state index in [1.165, 1.54) is 0 Å². The fourth-order valence-corrected chi connectivity index (χ4v) is 2.64. The van der Waals surface area contributed by atoms with Crippen LogP contribution in [0.3, 0.4) is 0 Å². The summed E-state index contributed by atoms with van der Waals surface area (Å²) < 4.78 is 183. The molecule has 1 aliphatic carbocycles. The van der Waals surface area contributed by atoms with Crippen molar-refractivity contribution in [2.45, 2.75) is 54.3 Å². The normalized spacial score (nSPS) is 32.2. The average Bonchev–Trinajstić information content (AvgIpc) is 2.71. The quantitative estimate of drug-likeness (QED) is 0.501. The maximum absolute atomic E-state index is 14.6. The van der Waals surface area contributed by atoms with Gasteiger partial charge in [0, 0.05) is 12.3 Å². The minimum absolute atomic E-state index is 0.849. The molecule has 26 heavy (non-hydrogen) atoms. The molecular weight excluding hydrogens is 410 g/mol. The van der Waals surface area contributed by atoms with Gasteiger partial charge >= 0.3 is 30.1 Å². The van der Waals surface area contributed by atoms with E-state index >= 15 is 0 Å². The predicted molar refractivity (Wildman–Crippen MR) is 57.0 cm³/mol. The smallest absolute Gasteiger partial charge is 0.233 e. The molecule has 0 spiro atoms. The van der Waals surface area contributed by atoms with E-state index in [0.717, 1.165) is 0 Å². The summed E-state index contributed by atoms with van der Waals surface area (Å²) in [6.07, 6.45) is -17.9. The highest BCUT2D eigenvalue weighted by Gasteiger charge is 2.93. The maximum atomic E-state index is 14.6. The minimum Gasteiger partial charge on any atom is -0.233 e. The van der Waals surface area contributed by atoms with Gasteiger partial charge in [-0.05, 0) is 12.8 Å². The van der Waals surface area contributed by atoms with Crippen molar-refractivity contribution in [3.63, 3.8) is 0 Å². The molecule has 0 aliphatic heterocycles. The molecule has 3 atom stereocenters. The molecule has 3 unspecified atom stereocenters. The first kappa shape index (κ1) is 23.1. The van der Waals surface area contributed by atoms with Gasteiger partial charge in [0.2, 0.25) is 11.3 Å². The monoisotopic (exact) mass is 418 g/mol. The molecule has 2 radical (unpaired) electrons. The summed E-state index contributed by atoms with van der Waals surface area (Å²) in [7, 11) is 0. The molecule has 0 bridgehead atoms. The molecule has 0 N–H and O–H groups in total. The minimum atomic E-state index is -7.75. The molecule has 0 heterocycles. The molecule has 1 fully saturated rings. The van der Waals surface area contributed by atoms with Crippen LogP contribution in [0, 0.1) is 19.3 Å². The van der Waals surface area contributed by atoms with E-state index in [4.69, 9.17) is 0 Å². The van der Waals surface area contributed by atoms with Crippen molar-refractivity contribution in [3.8, 4) is 0 Å².